The van der Waals surface area contributed by atoms with Gasteiger partial charge >= 0.3 is 12.1 Å². The molecule has 2 N–H and O–H groups in total. The summed E-state index contributed by atoms with van der Waals surface area (Å²) < 4.78 is 37.5. The number of carbonyl (C=O) groups is 1. The van der Waals surface area contributed by atoms with Crippen LogP contribution in [0.1, 0.15) is 29.3 Å². The summed E-state index contributed by atoms with van der Waals surface area (Å²) in [5.41, 5.74) is -1.17. The van der Waals surface area contributed by atoms with E-state index in [1.807, 2.05) is 6.92 Å². The summed E-state index contributed by atoms with van der Waals surface area (Å²) >= 11 is 0. The minimum atomic E-state index is -4.55. The van der Waals surface area contributed by atoms with Gasteiger partial charge in [0.1, 0.15) is 0 Å². The molecule has 0 saturated heterocycles. The van der Waals surface area contributed by atoms with Crippen molar-refractivity contribution in [3.8, 4) is 0 Å². The van der Waals surface area contributed by atoms with Gasteiger partial charge < -0.3 is 10.4 Å². The summed E-state index contributed by atoms with van der Waals surface area (Å²) in [7, 11) is 0. The predicted octanol–water partition coefficient (Wildman–Crippen LogP) is 3.23. The van der Waals surface area contributed by atoms with E-state index in [1.165, 1.54) is 6.07 Å². The first-order valence-corrected chi connectivity index (χ1v) is 5.04. The molecule has 0 aliphatic carbocycles. The van der Waals surface area contributed by atoms with Crippen molar-refractivity contribution < 1.29 is 23.1 Å². The molecule has 0 radical (unpaired) electrons. The number of hydrogen-bond acceptors (Lipinski definition) is 2. The largest absolute Gasteiger partial charge is 0.478 e. The predicted molar refractivity (Wildman–Crippen MR) is 57.2 cm³/mol. The maximum atomic E-state index is 12.5. The van der Waals surface area contributed by atoms with Gasteiger partial charge in [-0.15, -0.1) is 0 Å². The van der Waals surface area contributed by atoms with E-state index in [0.717, 1.165) is 12.5 Å². The molecular formula is C11H12F3NO2. The molecule has 0 aliphatic rings. The third-order valence-corrected chi connectivity index (χ3v) is 2.09. The van der Waals surface area contributed by atoms with Crippen LogP contribution in [0.2, 0.25) is 0 Å². The Morgan fingerprint density at radius 1 is 1.35 bits per heavy atom. The molecule has 1 aromatic rings. The number of nitrogens with one attached hydrogen (secondary N) is 1. The molecular weight excluding hydrogens is 235 g/mol. The Morgan fingerprint density at radius 3 is 2.47 bits per heavy atom. The van der Waals surface area contributed by atoms with Crippen LogP contribution in [-0.2, 0) is 6.18 Å². The number of rotatable bonds is 4. The van der Waals surface area contributed by atoms with E-state index in [4.69, 9.17) is 5.11 Å². The summed E-state index contributed by atoms with van der Waals surface area (Å²) in [5.74, 6) is -1.38. The molecule has 0 aromatic heterocycles. The molecule has 1 aromatic carbocycles. The molecule has 3 nitrogen and oxygen atoms in total. The average Bonchev–Trinajstić information content (AvgIpc) is 2.24. The Balaban J connectivity index is 3.14. The van der Waals surface area contributed by atoms with Gasteiger partial charge in [0, 0.05) is 12.2 Å². The first-order chi connectivity index (χ1) is 7.84. The van der Waals surface area contributed by atoms with E-state index in [2.05, 4.69) is 5.32 Å². The SMILES string of the molecule is CCCNc1cc(C(=O)O)cc(C(F)(F)F)c1. The molecule has 0 fully saturated rings. The van der Waals surface area contributed by atoms with Crippen LogP contribution in [0.5, 0.6) is 0 Å². The zero-order chi connectivity index (χ0) is 13.1. The van der Waals surface area contributed by atoms with Crippen molar-refractivity contribution in [1.29, 1.82) is 0 Å². The number of benzene rings is 1. The van der Waals surface area contributed by atoms with Gasteiger partial charge in [-0.1, -0.05) is 6.92 Å². The Kier molecular flexibility index (Phi) is 3.98. The second-order valence-corrected chi connectivity index (χ2v) is 3.53. The smallest absolute Gasteiger partial charge is 0.416 e. The summed E-state index contributed by atoms with van der Waals surface area (Å²) in [6.07, 6.45) is -3.81. The lowest BCUT2D eigenvalue weighted by Gasteiger charge is -2.11. The van der Waals surface area contributed by atoms with Crippen LogP contribution >= 0.6 is 0 Å². The van der Waals surface area contributed by atoms with Gasteiger partial charge in [0.05, 0.1) is 11.1 Å². The fourth-order valence-electron chi connectivity index (χ4n) is 1.29. The van der Waals surface area contributed by atoms with Crippen molar-refractivity contribution in [2.24, 2.45) is 0 Å². The van der Waals surface area contributed by atoms with Crippen LogP contribution in [0.4, 0.5) is 18.9 Å². The Bertz CT molecular complexity index is 416. The van der Waals surface area contributed by atoms with Crippen molar-refractivity contribution in [2.45, 2.75) is 19.5 Å². The molecule has 0 bridgehead atoms. The van der Waals surface area contributed by atoms with Gasteiger partial charge in [-0.25, -0.2) is 4.79 Å². The number of aromatic carboxylic acids is 1. The highest BCUT2D eigenvalue weighted by atomic mass is 19.4. The van der Waals surface area contributed by atoms with Gasteiger partial charge in [-0.05, 0) is 24.6 Å². The fourth-order valence-corrected chi connectivity index (χ4v) is 1.29. The molecule has 1 rings (SSSR count). The van der Waals surface area contributed by atoms with Crippen LogP contribution in [0.3, 0.4) is 0 Å². The third-order valence-electron chi connectivity index (χ3n) is 2.09. The summed E-state index contributed by atoms with van der Waals surface area (Å²) in [5, 5.41) is 11.5. The maximum absolute atomic E-state index is 12.5. The number of carboxylic acids is 1. The molecule has 17 heavy (non-hydrogen) atoms. The number of carboxylic acid groups (broad SMARTS) is 1. The molecule has 0 heterocycles. The van der Waals surface area contributed by atoms with Crippen molar-refractivity contribution in [3.05, 3.63) is 29.3 Å². The Labute approximate surface area is 96.3 Å². The van der Waals surface area contributed by atoms with E-state index in [9.17, 15) is 18.0 Å². The van der Waals surface area contributed by atoms with Gasteiger partial charge in [-0.3, -0.25) is 0 Å². The normalized spacial score (nSPS) is 11.3. The standard InChI is InChI=1S/C11H12F3NO2/c1-2-3-15-9-5-7(10(16)17)4-8(6-9)11(12,13)14/h4-6,15H,2-3H2,1H3,(H,16,17). The number of hydrogen-bond donors (Lipinski definition) is 2. The van der Waals surface area contributed by atoms with Crippen molar-refractivity contribution in [1.82, 2.24) is 0 Å². The first-order valence-electron chi connectivity index (χ1n) is 5.04. The first kappa shape index (κ1) is 13.3. The molecule has 0 amide bonds. The number of alkyl halides is 3. The second kappa shape index (κ2) is 5.07. The highest BCUT2D eigenvalue weighted by Gasteiger charge is 2.31. The molecule has 94 valence electrons. The van der Waals surface area contributed by atoms with Gasteiger partial charge in [0.15, 0.2) is 0 Å². The average molecular weight is 247 g/mol. The van der Waals surface area contributed by atoms with E-state index < -0.39 is 17.7 Å². The van der Waals surface area contributed by atoms with E-state index >= 15 is 0 Å². The summed E-state index contributed by atoms with van der Waals surface area (Å²) in [6.45, 7) is 2.35. The van der Waals surface area contributed by atoms with Crippen LogP contribution in [0.15, 0.2) is 18.2 Å². The second-order valence-electron chi connectivity index (χ2n) is 3.53. The highest BCUT2D eigenvalue weighted by Crippen LogP contribution is 2.32. The van der Waals surface area contributed by atoms with Gasteiger partial charge in [0.2, 0.25) is 0 Å². The molecule has 0 unspecified atom stereocenters. The lowest BCUT2D eigenvalue weighted by molar-refractivity contribution is -0.137. The molecule has 6 heteroatoms. The fraction of sp³-hybridized carbons (Fsp3) is 0.364. The highest BCUT2D eigenvalue weighted by molar-refractivity contribution is 5.89. The third kappa shape index (κ3) is 3.65. The quantitative estimate of drug-likeness (QED) is 0.858. The maximum Gasteiger partial charge on any atom is 0.416 e. The van der Waals surface area contributed by atoms with E-state index in [-0.39, 0.29) is 11.3 Å². The summed E-state index contributed by atoms with van der Waals surface area (Å²) in [4.78, 5) is 10.7. The molecule has 0 spiro atoms. The lowest BCUT2D eigenvalue weighted by Crippen LogP contribution is -2.10. The van der Waals surface area contributed by atoms with E-state index in [1.54, 1.807) is 0 Å². The van der Waals surface area contributed by atoms with Crippen LogP contribution < -0.4 is 5.32 Å². The lowest BCUT2D eigenvalue weighted by atomic mass is 10.1. The minimum absolute atomic E-state index is 0.166. The Hall–Kier alpha value is -1.72. The van der Waals surface area contributed by atoms with E-state index in [0.29, 0.717) is 12.6 Å². The number of halogens is 3. The van der Waals surface area contributed by atoms with Gasteiger partial charge in [-0.2, -0.15) is 13.2 Å². The molecule has 0 aliphatic heterocycles. The zero-order valence-electron chi connectivity index (χ0n) is 9.14. The van der Waals surface area contributed by atoms with Crippen LogP contribution in [0, 0.1) is 0 Å². The number of anilines is 1. The molecule has 0 atom stereocenters. The van der Waals surface area contributed by atoms with Gasteiger partial charge in [0.25, 0.3) is 0 Å². The monoisotopic (exact) mass is 247 g/mol. The molecule has 0 saturated carbocycles. The van der Waals surface area contributed by atoms with Crippen molar-refractivity contribution in [2.75, 3.05) is 11.9 Å². The van der Waals surface area contributed by atoms with Crippen molar-refractivity contribution in [3.63, 3.8) is 0 Å². The Morgan fingerprint density at radius 2 is 2.00 bits per heavy atom. The zero-order valence-corrected chi connectivity index (χ0v) is 9.14. The van der Waals surface area contributed by atoms with Crippen molar-refractivity contribution >= 4 is 11.7 Å². The topological polar surface area (TPSA) is 49.3 Å². The van der Waals surface area contributed by atoms with Crippen LogP contribution in [0.25, 0.3) is 0 Å². The summed E-state index contributed by atoms with van der Waals surface area (Å²) in [6, 6.07) is 2.72. The minimum Gasteiger partial charge on any atom is -0.478 e. The van der Waals surface area contributed by atoms with Crippen LogP contribution in [-0.4, -0.2) is 17.6 Å².